The molecule has 2 saturated heterocycles. The Labute approximate surface area is 286 Å². The van der Waals surface area contributed by atoms with Crippen LogP contribution < -0.4 is 19.7 Å². The van der Waals surface area contributed by atoms with E-state index in [9.17, 15) is 4.39 Å². The monoisotopic (exact) mass is 672 g/mol. The number of aryl methyl sites for hydroxylation is 2. The van der Waals surface area contributed by atoms with Crippen LogP contribution in [0.15, 0.2) is 41.9 Å². The number of hydrogen-bond donors (Lipinski definition) is 2. The fraction of sp³-hybridized carbons (Fsp3) is 0.568. The number of aromatic nitrogens is 1. The molecule has 1 atom stereocenters. The van der Waals surface area contributed by atoms with Gasteiger partial charge in [0.1, 0.15) is 24.1 Å². The number of hydrogen-bond acceptors (Lipinski definition) is 9. The van der Waals surface area contributed by atoms with Crippen molar-refractivity contribution in [2.75, 3.05) is 58.2 Å². The minimum atomic E-state index is -0.0850. The lowest BCUT2D eigenvalue weighted by Gasteiger charge is -2.33. The molecule has 6 rings (SSSR count). The zero-order chi connectivity index (χ0) is 35.0. The molecule has 1 spiro atoms. The molecule has 2 aromatic carbocycles. The number of thiazole rings is 1. The van der Waals surface area contributed by atoms with Crippen LogP contribution in [0.3, 0.4) is 0 Å². The number of rotatable bonds is 10. The maximum atomic E-state index is 14.0. The topological polar surface area (TPSA) is 87.2 Å². The van der Waals surface area contributed by atoms with Gasteiger partial charge in [-0.3, -0.25) is 4.90 Å². The van der Waals surface area contributed by atoms with Crippen molar-refractivity contribution in [3.05, 3.63) is 64.4 Å². The fourth-order valence-electron chi connectivity index (χ4n) is 6.73. The molecule has 2 N–H and O–H groups in total. The highest BCUT2D eigenvalue weighted by atomic mass is 32.1. The number of anilines is 2. The molecular weight excluding hydrogens is 615 g/mol. The lowest BCUT2D eigenvalue weighted by atomic mass is 9.88. The Balaban J connectivity index is 0.000000289. The Morgan fingerprint density at radius 2 is 1.83 bits per heavy atom. The molecule has 3 aromatic rings. The van der Waals surface area contributed by atoms with E-state index in [1.807, 2.05) is 70.5 Å². The maximum absolute atomic E-state index is 14.0. The van der Waals surface area contributed by atoms with Gasteiger partial charge in [-0.2, -0.15) is 0 Å². The van der Waals surface area contributed by atoms with E-state index in [-0.39, 0.29) is 5.82 Å². The molecular formula is C37H57FN4O4S. The van der Waals surface area contributed by atoms with Crippen LogP contribution in [0.2, 0.25) is 0 Å². The average Bonchev–Trinajstić information content (AvgIpc) is 3.40. The minimum Gasteiger partial charge on any atom is -0.497 e. The Morgan fingerprint density at radius 3 is 2.43 bits per heavy atom. The minimum absolute atomic E-state index is 0.0850. The van der Waals surface area contributed by atoms with E-state index in [0.29, 0.717) is 11.0 Å². The molecule has 0 bridgehead atoms. The Hall–Kier alpha value is -3.21. The number of fused-ring (bicyclic) bond motifs is 1. The van der Waals surface area contributed by atoms with E-state index < -0.39 is 0 Å². The molecule has 0 amide bonds. The zero-order valence-corrected chi connectivity index (χ0v) is 30.6. The van der Waals surface area contributed by atoms with Crippen molar-refractivity contribution in [1.29, 1.82) is 0 Å². The van der Waals surface area contributed by atoms with Crippen molar-refractivity contribution >= 4 is 28.9 Å². The largest absolute Gasteiger partial charge is 0.497 e. The Kier molecular flexibility index (Phi) is 16.6. The van der Waals surface area contributed by atoms with E-state index in [1.54, 1.807) is 31.6 Å². The molecule has 3 heterocycles. The summed E-state index contributed by atoms with van der Waals surface area (Å²) in [6, 6.07) is 9.60. The first kappa shape index (κ1) is 40.0. The predicted molar refractivity (Wildman–Crippen MR) is 194 cm³/mol. The van der Waals surface area contributed by atoms with E-state index in [0.717, 1.165) is 66.5 Å². The quantitative estimate of drug-likeness (QED) is 0.226. The highest BCUT2D eigenvalue weighted by Gasteiger charge is 2.59. The van der Waals surface area contributed by atoms with Gasteiger partial charge in [0.15, 0.2) is 5.13 Å². The third-order valence-electron chi connectivity index (χ3n) is 9.09. The second-order valence-corrected chi connectivity index (χ2v) is 13.0. The zero-order valence-electron chi connectivity index (χ0n) is 29.8. The number of carbonyl (C=O) groups is 1. The molecule has 47 heavy (non-hydrogen) atoms. The molecule has 2 aliphatic heterocycles. The van der Waals surface area contributed by atoms with Crippen LogP contribution in [0.25, 0.3) is 0 Å². The van der Waals surface area contributed by atoms with E-state index >= 15 is 0 Å². The van der Waals surface area contributed by atoms with Gasteiger partial charge in [0, 0.05) is 68.2 Å². The molecule has 3 fully saturated rings. The normalized spacial score (nSPS) is 18.1. The lowest BCUT2D eigenvalue weighted by Crippen LogP contribution is -2.44. The Morgan fingerprint density at radius 1 is 1.11 bits per heavy atom. The van der Waals surface area contributed by atoms with Gasteiger partial charge in [0.25, 0.3) is 0 Å². The van der Waals surface area contributed by atoms with Gasteiger partial charge in [0.05, 0.1) is 14.2 Å². The van der Waals surface area contributed by atoms with Crippen LogP contribution in [0.1, 0.15) is 76.0 Å². The van der Waals surface area contributed by atoms with E-state index in [4.69, 9.17) is 19.4 Å². The highest BCUT2D eigenvalue weighted by Crippen LogP contribution is 2.60. The van der Waals surface area contributed by atoms with Gasteiger partial charge < -0.3 is 29.6 Å². The van der Waals surface area contributed by atoms with Crippen LogP contribution in [0, 0.1) is 18.2 Å². The molecule has 1 aliphatic carbocycles. The SMILES string of the molecule is C=O.CC.CCCc1cc(C)c(F)cc1NCC12CCCN1CC1(CC1)C2.CO.COc1ccc(CN(C)c2nccs2)c(OC)c1. The molecule has 1 aromatic heterocycles. The van der Waals surface area contributed by atoms with Crippen molar-refractivity contribution in [1.82, 2.24) is 9.88 Å². The number of nitrogens with zero attached hydrogens (tertiary/aromatic N) is 3. The third kappa shape index (κ3) is 10.4. The molecule has 8 nitrogen and oxygen atoms in total. The average molecular weight is 673 g/mol. The number of ether oxygens (including phenoxy) is 2. The number of nitrogens with one attached hydrogen (secondary N) is 1. The van der Waals surface area contributed by atoms with Gasteiger partial charge in [-0.25, -0.2) is 9.37 Å². The van der Waals surface area contributed by atoms with Crippen LogP contribution in [0.5, 0.6) is 11.5 Å². The number of aliphatic hydroxyl groups is 1. The van der Waals surface area contributed by atoms with Gasteiger partial charge in [-0.1, -0.05) is 33.3 Å². The summed E-state index contributed by atoms with van der Waals surface area (Å²) in [5.74, 6) is 1.54. The van der Waals surface area contributed by atoms with Crippen molar-refractivity contribution in [3.8, 4) is 11.5 Å². The number of carbonyl (C=O) groups excluding carboxylic acids is 1. The van der Waals surface area contributed by atoms with Crippen LogP contribution >= 0.6 is 11.3 Å². The standard InChI is InChI=1S/C20H29FN2.C13H16N2O2S.C2H6.CH4O.CH2O/c1-3-5-16-10-15(2)17(21)11-18(16)22-13-20-6-4-9-23(20)14-19(12-20)7-8-19;1-15(13-14-6-7-18-13)9-10-4-5-11(16-2)8-12(10)17-3;3*1-2/h10-11,22H,3-9,12-14H2,1-2H3;4-8H,9H2,1-3H3;1-2H3;2H,1H3;1H2. The summed E-state index contributed by atoms with van der Waals surface area (Å²) in [4.78, 5) is 17.1. The van der Waals surface area contributed by atoms with E-state index in [2.05, 4.69) is 27.0 Å². The van der Waals surface area contributed by atoms with Crippen molar-refractivity contribution in [3.63, 3.8) is 0 Å². The third-order valence-corrected chi connectivity index (χ3v) is 9.97. The van der Waals surface area contributed by atoms with Crippen molar-refractivity contribution in [2.24, 2.45) is 5.41 Å². The number of halogens is 1. The summed E-state index contributed by atoms with van der Waals surface area (Å²) >= 11 is 1.62. The smallest absolute Gasteiger partial charge is 0.185 e. The summed E-state index contributed by atoms with van der Waals surface area (Å²) in [7, 11) is 6.33. The summed E-state index contributed by atoms with van der Waals surface area (Å²) < 4.78 is 24.6. The highest BCUT2D eigenvalue weighted by molar-refractivity contribution is 7.13. The number of methoxy groups -OCH3 is 2. The van der Waals surface area contributed by atoms with Crippen LogP contribution in [0.4, 0.5) is 15.2 Å². The Bertz CT molecular complexity index is 1340. The molecule has 262 valence electrons. The van der Waals surface area contributed by atoms with E-state index in [1.165, 1.54) is 50.8 Å². The van der Waals surface area contributed by atoms with Gasteiger partial charge in [-0.15, -0.1) is 11.3 Å². The molecule has 1 unspecified atom stereocenters. The molecule has 1 saturated carbocycles. The number of aliphatic hydroxyl groups excluding tert-OH is 1. The predicted octanol–water partition coefficient (Wildman–Crippen LogP) is 7.76. The van der Waals surface area contributed by atoms with Gasteiger partial charge in [0.2, 0.25) is 0 Å². The second kappa shape index (κ2) is 19.6. The van der Waals surface area contributed by atoms with Gasteiger partial charge >= 0.3 is 0 Å². The lowest BCUT2D eigenvalue weighted by molar-refractivity contribution is -0.0980. The summed E-state index contributed by atoms with van der Waals surface area (Å²) in [5.41, 5.74) is 5.14. The van der Waals surface area contributed by atoms with Crippen LogP contribution in [-0.2, 0) is 17.8 Å². The number of benzene rings is 2. The summed E-state index contributed by atoms with van der Waals surface area (Å²) in [5, 5.41) is 13.6. The van der Waals surface area contributed by atoms with Crippen molar-refractivity contribution in [2.45, 2.75) is 84.7 Å². The second-order valence-electron chi connectivity index (χ2n) is 12.1. The molecule has 10 heteroatoms. The first-order chi connectivity index (χ1) is 22.8. The molecule has 3 aliphatic rings. The summed E-state index contributed by atoms with van der Waals surface area (Å²) in [6.45, 7) is 14.3. The van der Waals surface area contributed by atoms with Gasteiger partial charge in [-0.05, 0) is 86.7 Å². The summed E-state index contributed by atoms with van der Waals surface area (Å²) in [6.07, 6.45) is 10.7. The fourth-order valence-corrected chi connectivity index (χ4v) is 7.34. The molecule has 0 radical (unpaired) electrons. The first-order valence-electron chi connectivity index (χ1n) is 16.6. The van der Waals surface area contributed by atoms with Crippen LogP contribution in [-0.4, -0.2) is 75.3 Å². The first-order valence-corrected chi connectivity index (χ1v) is 17.5. The maximum Gasteiger partial charge on any atom is 0.185 e. The van der Waals surface area contributed by atoms with Crippen molar-refractivity contribution < 1.29 is 23.8 Å².